The molecule has 0 saturated heterocycles. The molecule has 18 heavy (non-hydrogen) atoms. The van der Waals surface area contributed by atoms with Crippen LogP contribution in [0.25, 0.3) is 5.57 Å². The van der Waals surface area contributed by atoms with E-state index >= 15 is 0 Å². The summed E-state index contributed by atoms with van der Waals surface area (Å²) in [5.74, 6) is 0.0107. The van der Waals surface area contributed by atoms with Gasteiger partial charge in [0.25, 0.3) is 5.91 Å². The van der Waals surface area contributed by atoms with Gasteiger partial charge in [0.05, 0.1) is 0 Å². The highest BCUT2D eigenvalue weighted by Gasteiger charge is 2.05. The van der Waals surface area contributed by atoms with Crippen molar-refractivity contribution < 1.29 is 6.22 Å². The van der Waals surface area contributed by atoms with E-state index in [-0.39, 0.29) is 7.33 Å². The molecule has 1 aliphatic rings. The Kier molecular flexibility index (Phi) is 4.35. The van der Waals surface area contributed by atoms with Gasteiger partial charge in [0.1, 0.15) is 0 Å². The third kappa shape index (κ3) is 3.10. The molecule has 1 aliphatic carbocycles. The Labute approximate surface area is 110 Å². The molecule has 0 unspecified atom stereocenters. The van der Waals surface area contributed by atoms with Crippen LogP contribution < -0.4 is 5.32 Å². The van der Waals surface area contributed by atoms with Crippen LogP contribution in [0.5, 0.6) is 0 Å². The van der Waals surface area contributed by atoms with E-state index in [2.05, 4.69) is 23.5 Å². The number of benzene rings is 1. The molecule has 0 spiro atoms. The van der Waals surface area contributed by atoms with Gasteiger partial charge >= 0.3 is 0 Å². The number of nitrogens with one attached hydrogen (secondary N) is 1. The van der Waals surface area contributed by atoms with Crippen LogP contribution in [0, 0.1) is 0 Å². The summed E-state index contributed by atoms with van der Waals surface area (Å²) < 4.78 is 0. The minimum atomic E-state index is 0. The Morgan fingerprint density at radius 3 is 2.67 bits per heavy atom. The molecule has 1 amide bonds. The van der Waals surface area contributed by atoms with Crippen LogP contribution in [-0.4, -0.2) is 12.5 Å². The zero-order valence-corrected chi connectivity index (χ0v) is 10.8. The van der Waals surface area contributed by atoms with Gasteiger partial charge in [-0.05, 0) is 42.5 Å². The largest absolute Gasteiger partial charge is 0.352 e. The first kappa shape index (κ1) is 12.6. The third-order valence-electron chi connectivity index (χ3n) is 3.01. The fourth-order valence-electron chi connectivity index (χ4n) is 1.98. The van der Waals surface area contributed by atoms with Crippen molar-refractivity contribution in [2.24, 2.45) is 0 Å². The summed E-state index contributed by atoms with van der Waals surface area (Å²) in [6.45, 7) is 2.78. The SMILES string of the molecule is CCCNC(=O)c1ccc(C2=CCCC=C2)cc1.[HH]. The molecule has 0 fully saturated rings. The van der Waals surface area contributed by atoms with E-state index in [0.29, 0.717) is 0 Å². The fourth-order valence-corrected chi connectivity index (χ4v) is 1.98. The Morgan fingerprint density at radius 2 is 2.06 bits per heavy atom. The van der Waals surface area contributed by atoms with Crippen LogP contribution in [0.3, 0.4) is 0 Å². The van der Waals surface area contributed by atoms with Crippen molar-refractivity contribution in [1.82, 2.24) is 5.32 Å². The molecule has 0 aromatic heterocycles. The first-order chi connectivity index (χ1) is 8.81. The minimum absolute atomic E-state index is 0. The second kappa shape index (κ2) is 6.20. The number of carbonyl (C=O) groups excluding carboxylic acids is 1. The van der Waals surface area contributed by atoms with Gasteiger partial charge in [-0.25, -0.2) is 0 Å². The van der Waals surface area contributed by atoms with Gasteiger partial charge in [0.2, 0.25) is 0 Å². The number of hydrogen-bond acceptors (Lipinski definition) is 1. The van der Waals surface area contributed by atoms with E-state index in [4.69, 9.17) is 0 Å². The van der Waals surface area contributed by atoms with E-state index in [1.807, 2.05) is 31.2 Å². The maximum Gasteiger partial charge on any atom is 0.251 e. The highest BCUT2D eigenvalue weighted by Crippen LogP contribution is 2.21. The molecular weight excluding hydrogens is 222 g/mol. The van der Waals surface area contributed by atoms with Crippen LogP contribution in [0.2, 0.25) is 0 Å². The second-order valence-corrected chi connectivity index (χ2v) is 4.47. The molecule has 1 aromatic carbocycles. The molecule has 0 saturated carbocycles. The lowest BCUT2D eigenvalue weighted by atomic mass is 9.98. The molecule has 1 N–H and O–H groups in total. The van der Waals surface area contributed by atoms with Crippen molar-refractivity contribution in [3.8, 4) is 0 Å². The van der Waals surface area contributed by atoms with Crippen molar-refractivity contribution in [2.75, 3.05) is 6.54 Å². The second-order valence-electron chi connectivity index (χ2n) is 4.47. The van der Waals surface area contributed by atoms with Crippen LogP contribution in [0.4, 0.5) is 0 Å². The van der Waals surface area contributed by atoms with Gasteiger partial charge in [-0.2, -0.15) is 0 Å². The normalized spacial score (nSPS) is 14.2. The summed E-state index contributed by atoms with van der Waals surface area (Å²) in [5, 5.41) is 2.88. The Hall–Kier alpha value is -1.83. The van der Waals surface area contributed by atoms with Crippen molar-refractivity contribution in [2.45, 2.75) is 26.2 Å². The fraction of sp³-hybridized carbons (Fsp3) is 0.312. The van der Waals surface area contributed by atoms with Crippen molar-refractivity contribution in [3.05, 3.63) is 53.6 Å². The number of allylic oxidation sites excluding steroid dienone is 4. The summed E-state index contributed by atoms with van der Waals surface area (Å²) in [5.41, 5.74) is 3.16. The average molecular weight is 243 g/mol. The van der Waals surface area contributed by atoms with E-state index in [9.17, 15) is 4.79 Å². The maximum atomic E-state index is 11.8. The molecule has 0 heterocycles. The zero-order chi connectivity index (χ0) is 12.8. The monoisotopic (exact) mass is 243 g/mol. The standard InChI is InChI=1S/C16H19NO.H2/c1-2-12-17-16(18)15-10-8-14(9-11-15)13-6-4-3-5-7-13;/h4,6-11H,2-3,5,12H2,1H3,(H,17,18);1H. The lowest BCUT2D eigenvalue weighted by Crippen LogP contribution is -2.23. The topological polar surface area (TPSA) is 29.1 Å². The highest BCUT2D eigenvalue weighted by molar-refractivity contribution is 5.94. The number of carbonyl (C=O) groups is 1. The average Bonchev–Trinajstić information content (AvgIpc) is 2.46. The molecule has 2 nitrogen and oxygen atoms in total. The minimum Gasteiger partial charge on any atom is -0.352 e. The van der Waals surface area contributed by atoms with E-state index in [1.165, 1.54) is 11.1 Å². The first-order valence-corrected chi connectivity index (χ1v) is 6.56. The van der Waals surface area contributed by atoms with E-state index < -0.39 is 0 Å². The highest BCUT2D eigenvalue weighted by atomic mass is 16.1. The Balaban J connectivity index is 0.00000180. The lowest BCUT2D eigenvalue weighted by Gasteiger charge is -2.08. The predicted molar refractivity (Wildman–Crippen MR) is 77.5 cm³/mol. The van der Waals surface area contributed by atoms with Crippen LogP contribution in [-0.2, 0) is 0 Å². The van der Waals surface area contributed by atoms with Gasteiger partial charge in [0.15, 0.2) is 0 Å². The molecule has 2 heteroatoms. The van der Waals surface area contributed by atoms with E-state index in [0.717, 1.165) is 31.4 Å². The van der Waals surface area contributed by atoms with Crippen LogP contribution >= 0.6 is 0 Å². The van der Waals surface area contributed by atoms with E-state index in [1.54, 1.807) is 0 Å². The van der Waals surface area contributed by atoms with Crippen LogP contribution in [0.1, 0.15) is 43.5 Å². The molecule has 2 rings (SSSR count). The predicted octanol–water partition coefficient (Wildman–Crippen LogP) is 3.81. The summed E-state index contributed by atoms with van der Waals surface area (Å²) in [6, 6.07) is 7.82. The molecule has 0 aliphatic heterocycles. The van der Waals surface area contributed by atoms with Crippen molar-refractivity contribution in [3.63, 3.8) is 0 Å². The van der Waals surface area contributed by atoms with Gasteiger partial charge in [-0.1, -0.05) is 37.3 Å². The quantitative estimate of drug-likeness (QED) is 0.856. The maximum absolute atomic E-state index is 11.8. The molecule has 0 radical (unpaired) electrons. The first-order valence-electron chi connectivity index (χ1n) is 6.56. The van der Waals surface area contributed by atoms with Gasteiger partial charge in [-0.15, -0.1) is 0 Å². The molecular formula is C16H21NO. The Morgan fingerprint density at radius 1 is 1.28 bits per heavy atom. The molecule has 96 valence electrons. The van der Waals surface area contributed by atoms with Gasteiger partial charge < -0.3 is 5.32 Å². The molecule has 0 atom stereocenters. The van der Waals surface area contributed by atoms with Crippen molar-refractivity contribution >= 4 is 11.5 Å². The third-order valence-corrected chi connectivity index (χ3v) is 3.01. The number of rotatable bonds is 4. The smallest absolute Gasteiger partial charge is 0.251 e. The zero-order valence-electron chi connectivity index (χ0n) is 10.8. The molecule has 1 aromatic rings. The lowest BCUT2D eigenvalue weighted by molar-refractivity contribution is 0.0953. The summed E-state index contributed by atoms with van der Waals surface area (Å²) in [6.07, 6.45) is 9.77. The van der Waals surface area contributed by atoms with Gasteiger partial charge in [0, 0.05) is 13.5 Å². The van der Waals surface area contributed by atoms with Crippen molar-refractivity contribution in [1.29, 1.82) is 0 Å². The number of amides is 1. The number of hydrogen-bond donors (Lipinski definition) is 1. The molecule has 0 bridgehead atoms. The Bertz CT molecular complexity index is 474. The van der Waals surface area contributed by atoms with Crippen LogP contribution in [0.15, 0.2) is 42.5 Å². The summed E-state index contributed by atoms with van der Waals surface area (Å²) in [7, 11) is 0. The van der Waals surface area contributed by atoms with Gasteiger partial charge in [-0.3, -0.25) is 4.79 Å². The summed E-state index contributed by atoms with van der Waals surface area (Å²) in [4.78, 5) is 11.8. The summed E-state index contributed by atoms with van der Waals surface area (Å²) >= 11 is 0.